The van der Waals surface area contributed by atoms with Crippen LogP contribution in [0.4, 0.5) is 17.1 Å². The highest BCUT2D eigenvalue weighted by molar-refractivity contribution is 6.15. The van der Waals surface area contributed by atoms with Gasteiger partial charge in [-0.3, -0.25) is 0 Å². The minimum atomic E-state index is -0.536. The molecule has 0 amide bonds. The molecule has 13 aromatic rings. The van der Waals surface area contributed by atoms with Crippen molar-refractivity contribution in [1.82, 2.24) is 4.57 Å². The molecule has 2 heterocycles. The van der Waals surface area contributed by atoms with Gasteiger partial charge >= 0.3 is 0 Å². The topological polar surface area (TPSA) is 21.3 Å². The number of rotatable bonds is 7. The van der Waals surface area contributed by atoms with Crippen LogP contribution >= 0.6 is 0 Å². The molecule has 2 aromatic heterocycles. The lowest BCUT2D eigenvalue weighted by atomic mass is 9.67. The number of para-hydroxylation sites is 2. The Balaban J connectivity index is 0.959. The van der Waals surface area contributed by atoms with Gasteiger partial charge in [0.2, 0.25) is 0 Å². The Hall–Kier alpha value is -8.92. The second kappa shape index (κ2) is 15.1. The summed E-state index contributed by atoms with van der Waals surface area (Å²) in [5, 5.41) is 6.99. The minimum Gasteiger partial charge on any atom is -0.455 e. The van der Waals surface area contributed by atoms with E-state index in [9.17, 15) is 0 Å². The van der Waals surface area contributed by atoms with Crippen LogP contribution in [0.15, 0.2) is 259 Å². The van der Waals surface area contributed by atoms with Gasteiger partial charge in [0.15, 0.2) is 0 Å². The fourth-order valence-corrected chi connectivity index (χ4v) is 11.5. The largest absolute Gasteiger partial charge is 0.455 e. The standard InChI is InChI=1S/C65H42N2O/c1-4-17-46(18-5-1)65(47-19-6-2-7-20-47)59-26-14-12-24-53(59)54-37-34-50(41-60(54)65)66(51-35-38-56-57-36-30-44-16-10-11-23-52(44)64(57)68-63(56)42-51)49-32-28-43(29-33-49)45-31-39-62-58(40-45)55-25-13-15-27-61(55)67(62)48-21-8-3-9-22-48/h1-42H. The molecule has 0 spiro atoms. The molecule has 0 unspecified atom stereocenters. The van der Waals surface area contributed by atoms with Crippen LogP contribution in [0.25, 0.3) is 82.5 Å². The van der Waals surface area contributed by atoms with E-state index in [1.807, 2.05) is 0 Å². The van der Waals surface area contributed by atoms with E-state index in [0.29, 0.717) is 0 Å². The summed E-state index contributed by atoms with van der Waals surface area (Å²) in [6.07, 6.45) is 0. The Morgan fingerprint density at radius 1 is 0.353 bits per heavy atom. The molecule has 0 N–H and O–H groups in total. The summed E-state index contributed by atoms with van der Waals surface area (Å²) in [7, 11) is 0. The summed E-state index contributed by atoms with van der Waals surface area (Å²) in [6.45, 7) is 0. The van der Waals surface area contributed by atoms with Gasteiger partial charge in [-0.2, -0.15) is 0 Å². The molecule has 0 radical (unpaired) electrons. The van der Waals surface area contributed by atoms with Crippen molar-refractivity contribution in [3.05, 3.63) is 277 Å². The summed E-state index contributed by atoms with van der Waals surface area (Å²) in [5.74, 6) is 0. The van der Waals surface area contributed by atoms with E-state index in [0.717, 1.165) is 55.6 Å². The third kappa shape index (κ3) is 5.66. The summed E-state index contributed by atoms with van der Waals surface area (Å²) in [4.78, 5) is 2.40. The van der Waals surface area contributed by atoms with Crippen LogP contribution in [0.3, 0.4) is 0 Å². The molecule has 0 bridgehead atoms. The van der Waals surface area contributed by atoms with Crippen molar-refractivity contribution < 1.29 is 4.42 Å². The van der Waals surface area contributed by atoms with Crippen LogP contribution in [0.2, 0.25) is 0 Å². The first-order valence-electron chi connectivity index (χ1n) is 23.4. The quantitative estimate of drug-likeness (QED) is 0.159. The van der Waals surface area contributed by atoms with Gasteiger partial charge in [-0.1, -0.05) is 176 Å². The van der Waals surface area contributed by atoms with Gasteiger partial charge in [0.25, 0.3) is 0 Å². The molecule has 1 aliphatic rings. The third-order valence-corrected chi connectivity index (χ3v) is 14.5. The van der Waals surface area contributed by atoms with Crippen LogP contribution in [0.1, 0.15) is 22.3 Å². The predicted octanol–water partition coefficient (Wildman–Crippen LogP) is 17.3. The maximum Gasteiger partial charge on any atom is 0.143 e. The zero-order valence-corrected chi connectivity index (χ0v) is 37.1. The Bertz CT molecular complexity index is 4030. The van der Waals surface area contributed by atoms with Crippen molar-refractivity contribution >= 4 is 71.6 Å². The molecular weight excluding hydrogens is 825 g/mol. The van der Waals surface area contributed by atoms with E-state index in [2.05, 4.69) is 264 Å². The van der Waals surface area contributed by atoms with Crippen molar-refractivity contribution in [2.45, 2.75) is 5.41 Å². The first kappa shape index (κ1) is 38.4. The number of aromatic nitrogens is 1. The maximum absolute atomic E-state index is 6.84. The molecule has 0 fully saturated rings. The lowest BCUT2D eigenvalue weighted by Gasteiger charge is -2.35. The maximum atomic E-state index is 6.84. The minimum absolute atomic E-state index is 0.536. The van der Waals surface area contributed by atoms with E-state index < -0.39 is 5.41 Å². The fourth-order valence-electron chi connectivity index (χ4n) is 11.5. The Morgan fingerprint density at radius 3 is 1.74 bits per heavy atom. The number of nitrogens with zero attached hydrogens (tertiary/aromatic N) is 2. The average Bonchev–Trinajstić information content (AvgIpc) is 4.06. The number of fused-ring (bicyclic) bond motifs is 11. The second-order valence-corrected chi connectivity index (χ2v) is 18.0. The second-order valence-electron chi connectivity index (χ2n) is 18.0. The van der Waals surface area contributed by atoms with E-state index in [-0.39, 0.29) is 0 Å². The van der Waals surface area contributed by atoms with Crippen molar-refractivity contribution in [1.29, 1.82) is 0 Å². The van der Waals surface area contributed by atoms with Crippen LogP contribution in [0, 0.1) is 0 Å². The average molecular weight is 867 g/mol. The van der Waals surface area contributed by atoms with Crippen molar-refractivity contribution in [2.24, 2.45) is 0 Å². The van der Waals surface area contributed by atoms with Gasteiger partial charge in [-0.05, 0) is 123 Å². The van der Waals surface area contributed by atoms with E-state index >= 15 is 0 Å². The van der Waals surface area contributed by atoms with Crippen LogP contribution < -0.4 is 4.90 Å². The molecule has 14 rings (SSSR count). The highest BCUT2D eigenvalue weighted by Gasteiger charge is 2.46. The molecule has 1 aliphatic carbocycles. The number of hydrogen-bond acceptors (Lipinski definition) is 2. The van der Waals surface area contributed by atoms with Gasteiger partial charge in [0.05, 0.1) is 16.4 Å². The van der Waals surface area contributed by atoms with Crippen molar-refractivity contribution in [3.63, 3.8) is 0 Å². The molecule has 68 heavy (non-hydrogen) atoms. The van der Waals surface area contributed by atoms with Gasteiger partial charge in [0, 0.05) is 55.7 Å². The lowest BCUT2D eigenvalue weighted by Crippen LogP contribution is -2.28. The Labute approximate surface area is 394 Å². The van der Waals surface area contributed by atoms with E-state index in [1.165, 1.54) is 66.1 Å². The fraction of sp³-hybridized carbons (Fsp3) is 0.0154. The van der Waals surface area contributed by atoms with Gasteiger partial charge in [-0.15, -0.1) is 0 Å². The van der Waals surface area contributed by atoms with E-state index in [4.69, 9.17) is 4.42 Å². The van der Waals surface area contributed by atoms with Crippen LogP contribution in [-0.4, -0.2) is 4.57 Å². The molecule has 0 saturated carbocycles. The first-order valence-corrected chi connectivity index (χ1v) is 23.4. The number of furan rings is 1. The van der Waals surface area contributed by atoms with Gasteiger partial charge in [0.1, 0.15) is 11.2 Å². The third-order valence-electron chi connectivity index (χ3n) is 14.5. The number of anilines is 3. The molecule has 11 aromatic carbocycles. The molecule has 3 heteroatoms. The molecular formula is C65H42N2O. The summed E-state index contributed by atoms with van der Waals surface area (Å²) in [5.41, 5.74) is 17.8. The predicted molar refractivity (Wildman–Crippen MR) is 283 cm³/mol. The number of benzene rings is 11. The SMILES string of the molecule is c1ccc(-n2c3ccccc3c3cc(-c4ccc(N(c5ccc6c(c5)C(c5ccccc5)(c5ccccc5)c5ccccc5-6)c5ccc6c(c5)oc5c7ccccc7ccc65)cc4)ccc32)cc1. The Morgan fingerprint density at radius 2 is 0.941 bits per heavy atom. The molecule has 318 valence electrons. The number of hydrogen-bond donors (Lipinski definition) is 0. The molecule has 3 nitrogen and oxygen atoms in total. The monoisotopic (exact) mass is 866 g/mol. The van der Waals surface area contributed by atoms with Crippen molar-refractivity contribution in [3.8, 4) is 27.9 Å². The normalized spacial score (nSPS) is 12.8. The van der Waals surface area contributed by atoms with Crippen molar-refractivity contribution in [2.75, 3.05) is 4.90 Å². The van der Waals surface area contributed by atoms with Gasteiger partial charge in [-0.25, -0.2) is 0 Å². The highest BCUT2D eigenvalue weighted by atomic mass is 16.3. The molecule has 0 saturated heterocycles. The molecule has 0 atom stereocenters. The molecule has 0 aliphatic heterocycles. The van der Waals surface area contributed by atoms with Gasteiger partial charge < -0.3 is 13.9 Å². The summed E-state index contributed by atoms with van der Waals surface area (Å²) in [6, 6.07) is 93.0. The van der Waals surface area contributed by atoms with Crippen LogP contribution in [0.5, 0.6) is 0 Å². The first-order chi connectivity index (χ1) is 33.7. The van der Waals surface area contributed by atoms with Crippen LogP contribution in [-0.2, 0) is 5.41 Å². The zero-order valence-electron chi connectivity index (χ0n) is 37.1. The summed E-state index contributed by atoms with van der Waals surface area (Å²) < 4.78 is 9.21. The van der Waals surface area contributed by atoms with E-state index in [1.54, 1.807) is 0 Å². The highest BCUT2D eigenvalue weighted by Crippen LogP contribution is 2.57. The smallest absolute Gasteiger partial charge is 0.143 e. The lowest BCUT2D eigenvalue weighted by molar-refractivity contribution is 0.672. The Kier molecular flexibility index (Phi) is 8.50. The zero-order chi connectivity index (χ0) is 44.8. The summed E-state index contributed by atoms with van der Waals surface area (Å²) >= 11 is 0.